The van der Waals surface area contributed by atoms with E-state index >= 15 is 0 Å². The Kier molecular flexibility index (Phi) is 4.61. The second-order valence-corrected chi connectivity index (χ2v) is 10.1. The smallest absolute Gasteiger partial charge is 0.279 e. The molecule has 1 atom stereocenters. The molecule has 0 spiro atoms. The van der Waals surface area contributed by atoms with Crippen LogP contribution in [0.4, 0.5) is 0 Å². The SMILES string of the molecule is CC[S@](=N)(=O)c1ccc(Cn2cc(C(C)C)c(=O)n3nc(C4CC4)nc23)cc1. The zero-order valence-electron chi connectivity index (χ0n) is 16.4. The maximum atomic E-state index is 12.8. The van der Waals surface area contributed by atoms with Crippen LogP contribution in [0.25, 0.3) is 5.78 Å². The Labute approximate surface area is 164 Å². The maximum absolute atomic E-state index is 12.8. The highest BCUT2D eigenvalue weighted by Gasteiger charge is 2.29. The molecule has 148 valence electrons. The van der Waals surface area contributed by atoms with Gasteiger partial charge >= 0.3 is 0 Å². The predicted molar refractivity (Wildman–Crippen MR) is 109 cm³/mol. The van der Waals surface area contributed by atoms with Crippen LogP contribution in [0.2, 0.25) is 0 Å². The quantitative estimate of drug-likeness (QED) is 0.688. The van der Waals surface area contributed by atoms with Gasteiger partial charge in [-0.2, -0.15) is 9.50 Å². The van der Waals surface area contributed by atoms with Crippen LogP contribution in [0.5, 0.6) is 0 Å². The van der Waals surface area contributed by atoms with Crippen molar-refractivity contribution >= 4 is 15.5 Å². The molecule has 0 bridgehead atoms. The topological polar surface area (TPSA) is 93.1 Å². The van der Waals surface area contributed by atoms with Gasteiger partial charge in [-0.15, -0.1) is 5.10 Å². The van der Waals surface area contributed by atoms with Crippen molar-refractivity contribution < 1.29 is 4.21 Å². The van der Waals surface area contributed by atoms with Gasteiger partial charge < -0.3 is 4.57 Å². The fourth-order valence-corrected chi connectivity index (χ4v) is 4.16. The van der Waals surface area contributed by atoms with Crippen LogP contribution < -0.4 is 5.56 Å². The molecule has 2 aromatic heterocycles. The number of aromatic nitrogens is 4. The molecular weight excluding hydrogens is 374 g/mol. The highest BCUT2D eigenvalue weighted by atomic mass is 32.2. The number of hydrogen-bond donors (Lipinski definition) is 1. The third-order valence-corrected chi connectivity index (χ3v) is 7.07. The average Bonchev–Trinajstić information content (AvgIpc) is 3.42. The van der Waals surface area contributed by atoms with E-state index in [1.165, 1.54) is 4.52 Å². The number of nitrogens with one attached hydrogen (secondary N) is 1. The molecule has 8 heteroatoms. The van der Waals surface area contributed by atoms with Crippen LogP contribution in [-0.2, 0) is 16.3 Å². The van der Waals surface area contributed by atoms with Gasteiger partial charge in [0, 0.05) is 28.3 Å². The standard InChI is InChI=1S/C20H25N5O2S/c1-4-28(21,27)16-9-5-14(6-10-16)11-24-12-17(13(2)3)19(26)25-20(24)22-18(23-25)15-7-8-15/h5-6,9-10,12-13,15,21H,4,7-8,11H2,1-3H3/t28-/m0/s1. The van der Waals surface area contributed by atoms with E-state index in [0.29, 0.717) is 34.5 Å². The molecule has 0 aliphatic heterocycles. The molecule has 4 rings (SSSR count). The van der Waals surface area contributed by atoms with E-state index < -0.39 is 9.73 Å². The number of hydrogen-bond acceptors (Lipinski definition) is 5. The highest BCUT2D eigenvalue weighted by molar-refractivity contribution is 7.92. The molecule has 1 fully saturated rings. The van der Waals surface area contributed by atoms with Gasteiger partial charge in [-0.1, -0.05) is 32.9 Å². The monoisotopic (exact) mass is 399 g/mol. The van der Waals surface area contributed by atoms with Gasteiger partial charge in [0.2, 0.25) is 5.78 Å². The van der Waals surface area contributed by atoms with Crippen molar-refractivity contribution in [1.82, 2.24) is 19.2 Å². The summed E-state index contributed by atoms with van der Waals surface area (Å²) in [5, 5.41) is 4.49. The molecule has 1 aliphatic carbocycles. The average molecular weight is 400 g/mol. The number of rotatable bonds is 6. The van der Waals surface area contributed by atoms with Crippen molar-refractivity contribution in [2.24, 2.45) is 0 Å². The highest BCUT2D eigenvalue weighted by Crippen LogP contribution is 2.38. The summed E-state index contributed by atoms with van der Waals surface area (Å²) in [6, 6.07) is 7.30. The third kappa shape index (κ3) is 3.37. The van der Waals surface area contributed by atoms with Crippen LogP contribution in [0.15, 0.2) is 40.2 Å². The second kappa shape index (κ2) is 6.84. The van der Waals surface area contributed by atoms with Crippen molar-refractivity contribution in [1.29, 1.82) is 4.78 Å². The second-order valence-electron chi connectivity index (χ2n) is 7.74. The van der Waals surface area contributed by atoms with E-state index in [4.69, 9.17) is 4.78 Å². The summed E-state index contributed by atoms with van der Waals surface area (Å²) in [5.41, 5.74) is 1.59. The van der Waals surface area contributed by atoms with E-state index in [9.17, 15) is 9.00 Å². The van der Waals surface area contributed by atoms with Crippen molar-refractivity contribution in [2.75, 3.05) is 5.75 Å². The normalized spacial score (nSPS) is 16.6. The first-order chi connectivity index (χ1) is 13.3. The third-order valence-electron chi connectivity index (χ3n) is 5.23. The van der Waals surface area contributed by atoms with Crippen molar-refractivity contribution in [3.8, 4) is 0 Å². The summed E-state index contributed by atoms with van der Waals surface area (Å²) in [4.78, 5) is 18.0. The Bertz CT molecular complexity index is 1190. The Morgan fingerprint density at radius 1 is 1.25 bits per heavy atom. The Hall–Kier alpha value is -2.48. The van der Waals surface area contributed by atoms with Crippen LogP contribution >= 0.6 is 0 Å². The Balaban J connectivity index is 1.77. The fourth-order valence-electron chi connectivity index (χ4n) is 3.25. The van der Waals surface area contributed by atoms with E-state index in [-0.39, 0.29) is 11.5 Å². The molecule has 3 aromatic rings. The van der Waals surface area contributed by atoms with Crippen LogP contribution in [0, 0.1) is 4.78 Å². The molecule has 7 nitrogen and oxygen atoms in total. The van der Waals surface area contributed by atoms with E-state index in [1.807, 2.05) is 36.7 Å². The van der Waals surface area contributed by atoms with Gasteiger partial charge in [0.25, 0.3) is 5.56 Å². The summed E-state index contributed by atoms with van der Waals surface area (Å²) in [7, 11) is -2.72. The van der Waals surface area contributed by atoms with Crippen LogP contribution in [0.3, 0.4) is 0 Å². The molecule has 1 saturated carbocycles. The first kappa shape index (κ1) is 18.9. The number of fused-ring (bicyclic) bond motifs is 1. The van der Waals surface area contributed by atoms with Crippen LogP contribution in [0.1, 0.15) is 62.4 Å². The summed E-state index contributed by atoms with van der Waals surface area (Å²) < 4.78 is 23.6. The number of nitrogens with zero attached hydrogens (tertiary/aromatic N) is 4. The minimum absolute atomic E-state index is 0.0802. The zero-order valence-corrected chi connectivity index (χ0v) is 17.2. The zero-order chi connectivity index (χ0) is 20.1. The summed E-state index contributed by atoms with van der Waals surface area (Å²) in [6.45, 7) is 6.28. The lowest BCUT2D eigenvalue weighted by Crippen LogP contribution is -2.24. The van der Waals surface area contributed by atoms with Crippen molar-refractivity contribution in [3.05, 3.63) is 57.8 Å². The van der Waals surface area contributed by atoms with Gasteiger partial charge in [0.15, 0.2) is 5.82 Å². The Morgan fingerprint density at radius 3 is 2.50 bits per heavy atom. The number of benzene rings is 1. The Morgan fingerprint density at radius 2 is 1.93 bits per heavy atom. The fraction of sp³-hybridized carbons (Fsp3) is 0.450. The van der Waals surface area contributed by atoms with Gasteiger partial charge in [0.05, 0.1) is 16.3 Å². The van der Waals surface area contributed by atoms with Gasteiger partial charge in [-0.05, 0) is 36.5 Å². The first-order valence-corrected chi connectivity index (χ1v) is 11.4. The van der Waals surface area contributed by atoms with E-state index in [1.54, 1.807) is 19.1 Å². The molecule has 0 saturated heterocycles. The molecular formula is C20H25N5O2S. The molecule has 1 aliphatic rings. The molecule has 28 heavy (non-hydrogen) atoms. The van der Waals surface area contributed by atoms with Gasteiger partial charge in [-0.3, -0.25) is 4.79 Å². The van der Waals surface area contributed by atoms with Gasteiger partial charge in [0.1, 0.15) is 0 Å². The summed E-state index contributed by atoms with van der Waals surface area (Å²) >= 11 is 0. The van der Waals surface area contributed by atoms with E-state index in [2.05, 4.69) is 10.1 Å². The molecule has 0 radical (unpaired) electrons. The van der Waals surface area contributed by atoms with Crippen molar-refractivity contribution in [2.45, 2.75) is 56.9 Å². The lowest BCUT2D eigenvalue weighted by atomic mass is 10.1. The first-order valence-electron chi connectivity index (χ1n) is 9.65. The van der Waals surface area contributed by atoms with E-state index in [0.717, 1.165) is 24.2 Å². The molecule has 0 unspecified atom stereocenters. The summed E-state index contributed by atoms with van der Waals surface area (Å²) in [5.74, 6) is 2.05. The summed E-state index contributed by atoms with van der Waals surface area (Å²) in [6.07, 6.45) is 4.03. The lowest BCUT2D eigenvalue weighted by molar-refractivity contribution is 0.675. The molecule has 1 N–H and O–H groups in total. The predicted octanol–water partition coefficient (Wildman–Crippen LogP) is 3.37. The maximum Gasteiger partial charge on any atom is 0.279 e. The minimum atomic E-state index is -2.72. The molecule has 1 aromatic carbocycles. The molecule has 2 heterocycles. The molecule has 0 amide bonds. The van der Waals surface area contributed by atoms with Crippen LogP contribution in [-0.4, -0.2) is 29.1 Å². The largest absolute Gasteiger partial charge is 0.312 e. The van der Waals surface area contributed by atoms with Gasteiger partial charge in [-0.25, -0.2) is 8.99 Å². The minimum Gasteiger partial charge on any atom is -0.312 e. The lowest BCUT2D eigenvalue weighted by Gasteiger charge is -2.13. The van der Waals surface area contributed by atoms with Crippen molar-refractivity contribution in [3.63, 3.8) is 0 Å².